The zero-order chi connectivity index (χ0) is 16.0. The molecule has 0 aliphatic carbocycles. The highest BCUT2D eigenvalue weighted by atomic mass is 28.3. The first kappa shape index (κ1) is 19.2. The van der Waals surface area contributed by atoms with Crippen molar-refractivity contribution in [2.24, 2.45) is 0 Å². The molecule has 0 rings (SSSR count). The van der Waals surface area contributed by atoms with Crippen molar-refractivity contribution >= 4 is 14.0 Å². The Bertz CT molecular complexity index is 372. The summed E-state index contributed by atoms with van der Waals surface area (Å²) in [4.78, 5) is 11.9. The number of hydrogen-bond donors (Lipinski definition) is 1. The van der Waals surface area contributed by atoms with Gasteiger partial charge in [0.15, 0.2) is 6.10 Å². The number of aliphatic hydroxyl groups is 1. The molecule has 116 valence electrons. The van der Waals surface area contributed by atoms with Crippen LogP contribution in [0, 0.1) is 11.5 Å². The second-order valence-electron chi connectivity index (χ2n) is 6.40. The van der Waals surface area contributed by atoms with E-state index >= 15 is 0 Å². The first-order valence-corrected chi connectivity index (χ1v) is 10.6. The minimum absolute atomic E-state index is 0.113. The minimum Gasteiger partial charge on any atom is -0.464 e. The molecule has 0 aliphatic rings. The lowest BCUT2D eigenvalue weighted by Gasteiger charge is -2.25. The molecule has 0 aliphatic heterocycles. The topological polar surface area (TPSA) is 55.8 Å². The van der Waals surface area contributed by atoms with Crippen LogP contribution in [-0.2, 0) is 14.3 Å². The number of carbonyl (C=O) groups excluding carboxylic acids is 1. The van der Waals surface area contributed by atoms with Crippen molar-refractivity contribution in [2.45, 2.75) is 71.6 Å². The van der Waals surface area contributed by atoms with Gasteiger partial charge in [0.05, 0.1) is 12.7 Å². The van der Waals surface area contributed by atoms with Crippen LogP contribution in [0.1, 0.15) is 34.1 Å². The number of carbonyl (C=O) groups is 1. The van der Waals surface area contributed by atoms with Crippen LogP contribution in [0.5, 0.6) is 0 Å². The summed E-state index contributed by atoms with van der Waals surface area (Å²) >= 11 is 0. The highest BCUT2D eigenvalue weighted by Crippen LogP contribution is 2.17. The third kappa shape index (κ3) is 9.13. The van der Waals surface area contributed by atoms with Crippen LogP contribution in [0.25, 0.3) is 0 Å². The second-order valence-corrected chi connectivity index (χ2v) is 11.2. The maximum Gasteiger partial charge on any atom is 0.335 e. The van der Waals surface area contributed by atoms with Crippen LogP contribution < -0.4 is 0 Å². The zero-order valence-corrected chi connectivity index (χ0v) is 14.7. The van der Waals surface area contributed by atoms with Crippen molar-refractivity contribution in [3.63, 3.8) is 0 Å². The summed E-state index contributed by atoms with van der Waals surface area (Å²) in [5.41, 5.74) is 1.87. The van der Waals surface area contributed by atoms with Crippen molar-refractivity contribution in [1.82, 2.24) is 0 Å². The molecule has 0 aromatic heterocycles. The van der Waals surface area contributed by atoms with Gasteiger partial charge in [-0.3, -0.25) is 0 Å². The molecule has 0 aromatic carbocycles. The first-order valence-electron chi connectivity index (χ1n) is 7.05. The predicted molar refractivity (Wildman–Crippen MR) is 83.0 cm³/mol. The molecule has 0 radical (unpaired) electrons. The SMILES string of the molecule is CCOC(=O)C(CC(C)(O)C#C[Si](C)(C)C)OC(C)C. The summed E-state index contributed by atoms with van der Waals surface area (Å²) in [7, 11) is -1.57. The van der Waals surface area contributed by atoms with Gasteiger partial charge in [-0.2, -0.15) is 0 Å². The van der Waals surface area contributed by atoms with Crippen molar-refractivity contribution in [1.29, 1.82) is 0 Å². The van der Waals surface area contributed by atoms with E-state index in [1.165, 1.54) is 0 Å². The Balaban J connectivity index is 4.93. The first-order chi connectivity index (χ1) is 8.97. The molecule has 0 aromatic rings. The average molecular weight is 300 g/mol. The lowest BCUT2D eigenvalue weighted by molar-refractivity contribution is -0.163. The summed E-state index contributed by atoms with van der Waals surface area (Å²) in [6.07, 6.45) is -0.798. The van der Waals surface area contributed by atoms with Gasteiger partial charge in [0.1, 0.15) is 13.7 Å². The average Bonchev–Trinajstić information content (AvgIpc) is 2.24. The molecule has 1 N–H and O–H groups in total. The van der Waals surface area contributed by atoms with Crippen molar-refractivity contribution < 1.29 is 19.4 Å². The van der Waals surface area contributed by atoms with Crippen LogP contribution in [0.3, 0.4) is 0 Å². The van der Waals surface area contributed by atoms with Gasteiger partial charge >= 0.3 is 5.97 Å². The third-order valence-corrected chi connectivity index (χ3v) is 3.15. The van der Waals surface area contributed by atoms with E-state index in [1.54, 1.807) is 13.8 Å². The molecule has 4 nitrogen and oxygen atoms in total. The fourth-order valence-electron chi connectivity index (χ4n) is 1.48. The van der Waals surface area contributed by atoms with Gasteiger partial charge in [-0.25, -0.2) is 4.79 Å². The Hall–Kier alpha value is -0.833. The van der Waals surface area contributed by atoms with E-state index < -0.39 is 25.7 Å². The van der Waals surface area contributed by atoms with Crippen molar-refractivity contribution in [3.8, 4) is 11.5 Å². The highest BCUT2D eigenvalue weighted by Gasteiger charge is 2.31. The molecular weight excluding hydrogens is 272 g/mol. The van der Waals surface area contributed by atoms with E-state index in [0.717, 1.165) is 0 Å². The van der Waals surface area contributed by atoms with Gasteiger partial charge in [0, 0.05) is 6.42 Å². The summed E-state index contributed by atoms with van der Waals surface area (Å²) in [6.45, 7) is 13.6. The Labute approximate surface area is 123 Å². The smallest absolute Gasteiger partial charge is 0.335 e. The molecule has 2 unspecified atom stereocenters. The Morgan fingerprint density at radius 3 is 2.30 bits per heavy atom. The van der Waals surface area contributed by atoms with Crippen LogP contribution >= 0.6 is 0 Å². The quantitative estimate of drug-likeness (QED) is 0.465. The van der Waals surface area contributed by atoms with E-state index in [9.17, 15) is 9.90 Å². The fraction of sp³-hybridized carbons (Fsp3) is 0.800. The summed E-state index contributed by atoms with van der Waals surface area (Å²) in [6, 6.07) is 0. The molecule has 0 saturated heterocycles. The fourth-order valence-corrected chi connectivity index (χ4v) is 2.13. The van der Waals surface area contributed by atoms with Crippen LogP contribution in [-0.4, -0.2) is 43.6 Å². The van der Waals surface area contributed by atoms with Crippen molar-refractivity contribution in [2.75, 3.05) is 6.61 Å². The van der Waals surface area contributed by atoms with E-state index in [4.69, 9.17) is 9.47 Å². The van der Waals surface area contributed by atoms with Crippen LogP contribution in [0.2, 0.25) is 19.6 Å². The van der Waals surface area contributed by atoms with E-state index in [2.05, 4.69) is 31.1 Å². The van der Waals surface area contributed by atoms with E-state index in [-0.39, 0.29) is 12.5 Å². The van der Waals surface area contributed by atoms with Gasteiger partial charge in [0.2, 0.25) is 0 Å². The van der Waals surface area contributed by atoms with Gasteiger partial charge in [-0.1, -0.05) is 25.6 Å². The van der Waals surface area contributed by atoms with Gasteiger partial charge in [-0.15, -0.1) is 5.54 Å². The number of rotatable bonds is 6. The Morgan fingerprint density at radius 1 is 1.35 bits per heavy atom. The second kappa shape index (κ2) is 7.82. The lowest BCUT2D eigenvalue weighted by atomic mass is 9.99. The van der Waals surface area contributed by atoms with Gasteiger partial charge < -0.3 is 14.6 Å². The standard InChI is InChI=1S/C15H28O4Si/c1-8-18-14(16)13(19-12(2)3)11-15(4,17)9-10-20(5,6)7/h12-13,17H,8,11H2,1-7H3. The Morgan fingerprint density at radius 2 is 1.90 bits per heavy atom. The maximum atomic E-state index is 11.9. The minimum atomic E-state index is -1.57. The maximum absolute atomic E-state index is 11.9. The molecule has 0 heterocycles. The number of hydrogen-bond acceptors (Lipinski definition) is 4. The van der Waals surface area contributed by atoms with E-state index in [1.807, 2.05) is 13.8 Å². The monoisotopic (exact) mass is 300 g/mol. The predicted octanol–water partition coefficient (Wildman–Crippen LogP) is 2.37. The van der Waals surface area contributed by atoms with Crippen LogP contribution in [0.4, 0.5) is 0 Å². The van der Waals surface area contributed by atoms with Crippen LogP contribution in [0.15, 0.2) is 0 Å². The lowest BCUT2D eigenvalue weighted by Crippen LogP contribution is -2.37. The molecule has 5 heteroatoms. The number of ether oxygens (including phenoxy) is 2. The molecule has 0 spiro atoms. The molecule has 0 bridgehead atoms. The Kier molecular flexibility index (Phi) is 7.49. The third-order valence-electron chi connectivity index (χ3n) is 2.28. The summed E-state index contributed by atoms with van der Waals surface area (Å²) in [5.74, 6) is 2.43. The van der Waals surface area contributed by atoms with Gasteiger partial charge in [-0.05, 0) is 27.7 Å². The normalized spacial score (nSPS) is 16.1. The summed E-state index contributed by atoms with van der Waals surface area (Å²) < 4.78 is 10.5. The molecule has 0 amide bonds. The molecule has 0 saturated carbocycles. The molecule has 2 atom stereocenters. The van der Waals surface area contributed by atoms with E-state index in [0.29, 0.717) is 6.61 Å². The molecular formula is C15H28O4Si. The summed E-state index contributed by atoms with van der Waals surface area (Å²) in [5, 5.41) is 10.3. The highest BCUT2D eigenvalue weighted by molar-refractivity contribution is 6.83. The zero-order valence-electron chi connectivity index (χ0n) is 13.7. The largest absolute Gasteiger partial charge is 0.464 e. The van der Waals surface area contributed by atoms with Gasteiger partial charge in [0.25, 0.3) is 0 Å². The molecule has 20 heavy (non-hydrogen) atoms. The number of esters is 1. The van der Waals surface area contributed by atoms with Crippen molar-refractivity contribution in [3.05, 3.63) is 0 Å². The molecule has 0 fully saturated rings.